The van der Waals surface area contributed by atoms with Crippen LogP contribution in [0.25, 0.3) is 0 Å². The number of ether oxygens (including phenoxy) is 11. The number of amides is 3. The molecule has 3 atom stereocenters. The largest absolute Gasteiger partial charge is 0.508 e. The Balaban J connectivity index is 0.000000157. The van der Waals surface area contributed by atoms with Crippen LogP contribution in [0.2, 0.25) is 5.02 Å². The van der Waals surface area contributed by atoms with Crippen LogP contribution in [0.1, 0.15) is 82.6 Å². The van der Waals surface area contributed by atoms with Crippen molar-refractivity contribution in [1.29, 1.82) is 0 Å². The van der Waals surface area contributed by atoms with Crippen molar-refractivity contribution in [2.75, 3.05) is 96.3 Å². The van der Waals surface area contributed by atoms with Gasteiger partial charge in [0.25, 0.3) is 17.7 Å². The second-order valence-electron chi connectivity index (χ2n) is 22.5. The number of methoxy groups -OCH3 is 8. The summed E-state index contributed by atoms with van der Waals surface area (Å²) in [7, 11) is 12.9. The zero-order chi connectivity index (χ0) is 67.7. The lowest BCUT2D eigenvalue weighted by Crippen LogP contribution is -2.42. The summed E-state index contributed by atoms with van der Waals surface area (Å²) in [5, 5.41) is 10.4. The summed E-state index contributed by atoms with van der Waals surface area (Å²) in [6.07, 6.45) is 2.11. The number of halogens is 1. The molecule has 19 heteroatoms. The second kappa shape index (κ2) is 32.4. The van der Waals surface area contributed by atoms with Gasteiger partial charge < -0.3 is 71.9 Å². The van der Waals surface area contributed by atoms with Crippen molar-refractivity contribution < 1.29 is 71.6 Å². The number of carbonyl (C=O) groups excluding carboxylic acids is 3. The lowest BCUT2D eigenvalue weighted by molar-refractivity contribution is 0.0583. The highest BCUT2D eigenvalue weighted by Crippen LogP contribution is 2.43. The molecule has 0 bridgehead atoms. The maximum Gasteiger partial charge on any atom is 0.254 e. The Morgan fingerprint density at radius 3 is 1.02 bits per heavy atom. The summed E-state index contributed by atoms with van der Waals surface area (Å²) in [4.78, 5) is 45.8. The minimum atomic E-state index is -0.356. The summed E-state index contributed by atoms with van der Waals surface area (Å²) in [6.45, 7) is 2.54. The van der Waals surface area contributed by atoms with E-state index in [-0.39, 0.29) is 54.8 Å². The fraction of sp³-hybridized carbons (Fsp3) is 0.260. The number of aromatic hydroxyl groups is 1. The molecule has 498 valence electrons. The number of hydrogen-bond donors (Lipinski definition) is 1. The average Bonchev–Trinajstić information content (AvgIpc) is 0.797. The van der Waals surface area contributed by atoms with Crippen LogP contribution in [-0.2, 0) is 19.3 Å². The van der Waals surface area contributed by atoms with E-state index < -0.39 is 0 Å². The Morgan fingerprint density at radius 1 is 0.354 bits per heavy atom. The third kappa shape index (κ3) is 16.1. The molecule has 0 fully saturated rings. The van der Waals surface area contributed by atoms with Gasteiger partial charge in [-0.1, -0.05) is 60.1 Å². The highest BCUT2D eigenvalue weighted by atomic mass is 35.5. The third-order valence-electron chi connectivity index (χ3n) is 17.1. The number of benzene rings is 9. The Morgan fingerprint density at radius 2 is 0.667 bits per heavy atom. The fourth-order valence-corrected chi connectivity index (χ4v) is 12.3. The van der Waals surface area contributed by atoms with Gasteiger partial charge in [0.15, 0.2) is 34.5 Å². The molecule has 0 aliphatic carbocycles. The highest BCUT2D eigenvalue weighted by Gasteiger charge is 2.37. The number of phenolic OH excluding ortho intramolecular Hbond substituents is 1. The number of hydrogen-bond acceptors (Lipinski definition) is 15. The van der Waals surface area contributed by atoms with E-state index >= 15 is 0 Å². The van der Waals surface area contributed by atoms with E-state index in [0.29, 0.717) is 107 Å². The van der Waals surface area contributed by atoms with Gasteiger partial charge in [0, 0.05) is 41.3 Å². The van der Waals surface area contributed by atoms with Gasteiger partial charge in [0.2, 0.25) is 0 Å². The molecule has 0 spiro atoms. The van der Waals surface area contributed by atoms with Crippen LogP contribution in [0.5, 0.6) is 69.0 Å². The normalized spacial score (nSPS) is 15.0. The summed E-state index contributed by atoms with van der Waals surface area (Å²) in [5.41, 5.74) is 7.91. The van der Waals surface area contributed by atoms with Gasteiger partial charge in [-0.2, -0.15) is 0 Å². The number of fused-ring (bicyclic) bond motifs is 3. The Hall–Kier alpha value is -10.7. The molecule has 3 amide bonds. The summed E-state index contributed by atoms with van der Waals surface area (Å²) in [6, 6.07) is 58.0. The van der Waals surface area contributed by atoms with E-state index in [9.17, 15) is 19.5 Å². The van der Waals surface area contributed by atoms with Crippen LogP contribution < -0.4 is 52.1 Å². The van der Waals surface area contributed by atoms with E-state index in [1.165, 1.54) is 6.07 Å². The summed E-state index contributed by atoms with van der Waals surface area (Å²) in [5.74, 6) is 7.28. The Kier molecular flexibility index (Phi) is 23.0. The van der Waals surface area contributed by atoms with Gasteiger partial charge in [0.05, 0.1) is 75.0 Å². The number of carbonyl (C=O) groups is 3. The first kappa shape index (κ1) is 68.1. The van der Waals surface area contributed by atoms with Gasteiger partial charge in [0.1, 0.15) is 54.3 Å². The fourth-order valence-electron chi connectivity index (χ4n) is 12.1. The van der Waals surface area contributed by atoms with Crippen LogP contribution in [0.3, 0.4) is 0 Å². The molecular formula is C77H78ClN3O15. The molecule has 1 N–H and O–H groups in total. The first-order chi connectivity index (χ1) is 46.8. The topological polar surface area (TPSA) is 183 Å². The van der Waals surface area contributed by atoms with Crippen molar-refractivity contribution in [3.63, 3.8) is 0 Å². The van der Waals surface area contributed by atoms with E-state index in [4.69, 9.17) is 63.7 Å². The van der Waals surface area contributed by atoms with Gasteiger partial charge in [-0.3, -0.25) is 14.4 Å². The second-order valence-corrected chi connectivity index (χ2v) is 23.0. The van der Waals surface area contributed by atoms with Crippen LogP contribution in [0.4, 0.5) is 0 Å². The maximum atomic E-state index is 13.5. The first-order valence-electron chi connectivity index (χ1n) is 31.3. The SMILES string of the molecule is COc1cc2c(cc1OC)C(COc1ccccc1)N(C(=O)c1ccccc1)CC2.COc1ccc(OCC2c3cc(OC)c(OC)cc3CCN2C(=O)c2cccc(Cl)c2)cc1.COc1ccc(OCC2c3cc(OC)c(OC)cc3CCN2C(=O)c2cccc(O)c2)cc1. The monoisotopic (exact) mass is 1320 g/mol. The van der Waals surface area contributed by atoms with Crippen LogP contribution in [0.15, 0.2) is 194 Å². The molecule has 96 heavy (non-hydrogen) atoms. The smallest absolute Gasteiger partial charge is 0.254 e. The van der Waals surface area contributed by atoms with Gasteiger partial charge in [-0.05, 0) is 198 Å². The molecule has 9 aromatic rings. The molecule has 3 heterocycles. The van der Waals surface area contributed by atoms with Gasteiger partial charge in [-0.15, -0.1) is 0 Å². The standard InChI is InChI=1S/C26H26ClNO5.C26H27NO6.C25H25NO4/c1-30-20-7-9-21(10-8-20)33-16-23-22-15-25(32-3)24(31-2)14-17(22)11-12-28(23)26(29)18-5-4-6-19(27)13-18;1-30-20-7-9-21(10-8-20)33-16-23-22-15-25(32-3)24(31-2)14-17(22)11-12-27(23)26(29)18-5-4-6-19(28)13-18;1-28-23-15-19-13-14-26(25(27)18-9-5-3-6-10-18)22(21(19)16-24(23)29-2)17-30-20-11-7-4-8-12-20/h4-10,13-15,23H,11-12,16H2,1-3H3;4-10,13-15,23,28H,11-12,16H2,1-3H3;3-12,15-16,22H,13-14,17H2,1-2H3. The molecular weight excluding hydrogens is 1240 g/mol. The predicted molar refractivity (Wildman–Crippen MR) is 366 cm³/mol. The molecule has 3 unspecified atom stereocenters. The van der Waals surface area contributed by atoms with Crippen molar-refractivity contribution in [1.82, 2.24) is 14.7 Å². The number of nitrogens with zero attached hydrogens (tertiary/aromatic N) is 3. The van der Waals surface area contributed by atoms with Crippen LogP contribution in [0, 0.1) is 0 Å². The van der Waals surface area contributed by atoms with Crippen molar-refractivity contribution in [3.8, 4) is 69.0 Å². The van der Waals surface area contributed by atoms with Gasteiger partial charge in [-0.25, -0.2) is 0 Å². The molecule has 0 aromatic heterocycles. The quantitative estimate of drug-likeness (QED) is 0.0760. The van der Waals surface area contributed by atoms with E-state index in [0.717, 1.165) is 57.1 Å². The Bertz CT molecular complexity index is 3920. The molecule has 3 aliphatic heterocycles. The number of phenols is 1. The lowest BCUT2D eigenvalue weighted by atomic mass is 9.91. The van der Waals surface area contributed by atoms with E-state index in [1.54, 1.807) is 104 Å². The maximum absolute atomic E-state index is 13.5. The molecule has 18 nitrogen and oxygen atoms in total. The van der Waals surface area contributed by atoms with Gasteiger partial charge >= 0.3 is 0 Å². The minimum absolute atomic E-state index is 0.00213. The lowest BCUT2D eigenvalue weighted by Gasteiger charge is -2.37. The number of rotatable bonds is 20. The summed E-state index contributed by atoms with van der Waals surface area (Å²) >= 11 is 6.15. The molecule has 0 saturated heterocycles. The zero-order valence-corrected chi connectivity index (χ0v) is 55.7. The average molecular weight is 1320 g/mol. The van der Waals surface area contributed by atoms with E-state index in [2.05, 4.69) is 0 Å². The zero-order valence-electron chi connectivity index (χ0n) is 55.0. The van der Waals surface area contributed by atoms with Crippen LogP contribution in [-0.4, -0.2) is 134 Å². The third-order valence-corrected chi connectivity index (χ3v) is 17.3. The van der Waals surface area contributed by atoms with Crippen molar-refractivity contribution in [2.45, 2.75) is 37.4 Å². The molecule has 0 radical (unpaired) electrons. The van der Waals surface area contributed by atoms with Crippen molar-refractivity contribution in [2.24, 2.45) is 0 Å². The minimum Gasteiger partial charge on any atom is -0.508 e. The highest BCUT2D eigenvalue weighted by molar-refractivity contribution is 6.31. The van der Waals surface area contributed by atoms with Crippen LogP contribution >= 0.6 is 11.6 Å². The molecule has 12 rings (SSSR count). The first-order valence-corrected chi connectivity index (χ1v) is 31.6. The number of para-hydroxylation sites is 1. The molecule has 9 aromatic carbocycles. The van der Waals surface area contributed by atoms with E-state index in [1.807, 2.05) is 155 Å². The molecule has 0 saturated carbocycles. The predicted octanol–water partition coefficient (Wildman–Crippen LogP) is 13.9. The Labute approximate surface area is 564 Å². The summed E-state index contributed by atoms with van der Waals surface area (Å²) < 4.78 is 61.7. The molecule has 3 aliphatic rings. The van der Waals surface area contributed by atoms with Crippen molar-refractivity contribution >= 4 is 29.3 Å². The van der Waals surface area contributed by atoms with Crippen molar-refractivity contribution in [3.05, 3.63) is 249 Å².